The Balaban J connectivity index is 1.24. The molecule has 0 amide bonds. The lowest BCUT2D eigenvalue weighted by atomic mass is 9.80. The van der Waals surface area contributed by atoms with E-state index < -0.39 is 0 Å². The molecule has 9 rings (SSSR count). The van der Waals surface area contributed by atoms with Gasteiger partial charge in [0.25, 0.3) is 0 Å². The summed E-state index contributed by atoms with van der Waals surface area (Å²) < 4.78 is 2.66. The van der Waals surface area contributed by atoms with E-state index in [2.05, 4.69) is 151 Å². The van der Waals surface area contributed by atoms with E-state index in [-0.39, 0.29) is 11.5 Å². The van der Waals surface area contributed by atoms with E-state index in [1.54, 1.807) is 0 Å². The van der Waals surface area contributed by atoms with Gasteiger partial charge in [0.2, 0.25) is 5.95 Å². The molecule has 1 aliphatic carbocycles. The van der Waals surface area contributed by atoms with E-state index in [1.807, 2.05) is 23.5 Å². The van der Waals surface area contributed by atoms with Crippen LogP contribution in [0.1, 0.15) is 18.4 Å². The highest BCUT2D eigenvalue weighted by molar-refractivity contribution is 7.26. The monoisotopic (exact) mass is 595 g/mol. The maximum Gasteiger partial charge on any atom is 0.231 e. The molecule has 2 unspecified atom stereocenters. The van der Waals surface area contributed by atoms with Crippen molar-refractivity contribution in [3.63, 3.8) is 0 Å². The van der Waals surface area contributed by atoms with Crippen LogP contribution in [-0.2, 0) is 0 Å². The van der Waals surface area contributed by atoms with Gasteiger partial charge in [0, 0.05) is 42.9 Å². The van der Waals surface area contributed by atoms with Crippen LogP contribution >= 0.6 is 11.3 Å². The highest BCUT2D eigenvalue weighted by Gasteiger charge is 2.48. The smallest absolute Gasteiger partial charge is 0.231 e. The van der Waals surface area contributed by atoms with Gasteiger partial charge in [-0.3, -0.25) is 4.90 Å². The topological polar surface area (TPSA) is 29.0 Å². The van der Waals surface area contributed by atoms with Gasteiger partial charge < -0.3 is 0 Å². The Morgan fingerprint density at radius 2 is 1.33 bits per heavy atom. The van der Waals surface area contributed by atoms with E-state index in [0.29, 0.717) is 5.95 Å². The molecule has 0 saturated carbocycles. The SMILES string of the molecule is CC12C=CC=CC1c1cc(-c3cccc4c3sc3ccccc34)ccc1N2c1nc(-c2ccccc2)cc(-c2ccccc2)n1. The molecule has 0 bridgehead atoms. The molecule has 2 atom stereocenters. The lowest BCUT2D eigenvalue weighted by molar-refractivity contribution is 0.535. The summed E-state index contributed by atoms with van der Waals surface area (Å²) >= 11 is 1.88. The molecule has 2 aliphatic rings. The summed E-state index contributed by atoms with van der Waals surface area (Å²) in [7, 11) is 0. The molecule has 5 aromatic carbocycles. The average Bonchev–Trinajstić information content (AvgIpc) is 3.61. The first-order chi connectivity index (χ1) is 22.2. The Kier molecular flexibility index (Phi) is 5.87. The quantitative estimate of drug-likeness (QED) is 0.203. The minimum Gasteiger partial charge on any atom is -0.300 e. The molecule has 4 heteroatoms. The van der Waals surface area contributed by atoms with Gasteiger partial charge in [0.05, 0.1) is 16.9 Å². The molecule has 2 aromatic heterocycles. The zero-order valence-electron chi connectivity index (χ0n) is 24.8. The van der Waals surface area contributed by atoms with Gasteiger partial charge in [-0.25, -0.2) is 9.97 Å². The van der Waals surface area contributed by atoms with Gasteiger partial charge in [-0.2, -0.15) is 0 Å². The Bertz CT molecular complexity index is 2240. The zero-order chi connectivity index (χ0) is 30.0. The molecular formula is C41H29N3S. The second-order valence-corrected chi connectivity index (χ2v) is 13.1. The maximum atomic E-state index is 5.25. The van der Waals surface area contributed by atoms with Crippen molar-refractivity contribution in [1.29, 1.82) is 0 Å². The lowest BCUT2D eigenvalue weighted by Crippen LogP contribution is -2.42. The molecular weight excluding hydrogens is 567 g/mol. The summed E-state index contributed by atoms with van der Waals surface area (Å²) in [6.45, 7) is 2.31. The Morgan fingerprint density at radius 1 is 0.644 bits per heavy atom. The molecule has 0 N–H and O–H groups in total. The summed E-state index contributed by atoms with van der Waals surface area (Å²) in [6.07, 6.45) is 8.98. The molecule has 7 aromatic rings. The Labute approximate surface area is 266 Å². The van der Waals surface area contributed by atoms with E-state index in [1.165, 1.54) is 36.9 Å². The second kappa shape index (κ2) is 10.1. The van der Waals surface area contributed by atoms with Crippen molar-refractivity contribution in [2.24, 2.45) is 0 Å². The summed E-state index contributed by atoms with van der Waals surface area (Å²) in [5.74, 6) is 0.865. The van der Waals surface area contributed by atoms with Crippen LogP contribution in [0.15, 0.2) is 152 Å². The Hall–Kier alpha value is -5.32. The third kappa shape index (κ3) is 4.10. The highest BCUT2D eigenvalue weighted by Crippen LogP contribution is 2.54. The van der Waals surface area contributed by atoms with Crippen molar-refractivity contribution in [2.75, 3.05) is 4.90 Å². The number of nitrogens with zero attached hydrogens (tertiary/aromatic N) is 3. The van der Waals surface area contributed by atoms with Gasteiger partial charge in [-0.15, -0.1) is 11.3 Å². The minimum absolute atomic E-state index is 0.156. The van der Waals surface area contributed by atoms with E-state index in [0.717, 1.165) is 28.2 Å². The number of allylic oxidation sites excluding steroid dienone is 2. The molecule has 0 saturated heterocycles. The first kappa shape index (κ1) is 26.1. The molecule has 1 aliphatic heterocycles. The first-order valence-electron chi connectivity index (χ1n) is 15.4. The molecule has 0 fully saturated rings. The number of aromatic nitrogens is 2. The molecule has 3 nitrogen and oxygen atoms in total. The summed E-state index contributed by atoms with van der Waals surface area (Å²) in [6, 6.07) is 45.3. The van der Waals surface area contributed by atoms with Crippen molar-refractivity contribution in [3.05, 3.63) is 157 Å². The van der Waals surface area contributed by atoms with E-state index in [9.17, 15) is 0 Å². The standard InChI is InChI=1S/C41H29N3S/c1-41-24-11-10-20-34(41)33-25-29(30-18-12-19-32-31-17-8-9-21-38(31)45-39(30)32)22-23-37(33)44(41)40-42-35(27-13-4-2-5-14-27)26-36(43-40)28-15-6-3-7-16-28/h2-26,34H,1H3. The third-order valence-electron chi connectivity index (χ3n) is 9.33. The van der Waals surface area contributed by atoms with Crippen molar-refractivity contribution in [1.82, 2.24) is 9.97 Å². The zero-order valence-corrected chi connectivity index (χ0v) is 25.6. The molecule has 45 heavy (non-hydrogen) atoms. The van der Waals surface area contributed by atoms with Crippen LogP contribution in [-0.4, -0.2) is 15.5 Å². The van der Waals surface area contributed by atoms with E-state index in [4.69, 9.17) is 9.97 Å². The van der Waals surface area contributed by atoms with Crippen molar-refractivity contribution < 1.29 is 0 Å². The van der Waals surface area contributed by atoms with Crippen LogP contribution in [0.2, 0.25) is 0 Å². The largest absolute Gasteiger partial charge is 0.300 e. The number of thiophene rings is 1. The van der Waals surface area contributed by atoms with Crippen LogP contribution in [0, 0.1) is 0 Å². The predicted molar refractivity (Wildman–Crippen MR) is 189 cm³/mol. The van der Waals surface area contributed by atoms with Crippen LogP contribution in [0.4, 0.5) is 11.6 Å². The van der Waals surface area contributed by atoms with Crippen LogP contribution in [0.3, 0.4) is 0 Å². The molecule has 0 spiro atoms. The number of hydrogen-bond acceptors (Lipinski definition) is 4. The fraction of sp³-hybridized carbons (Fsp3) is 0.0732. The fourth-order valence-electron chi connectivity index (χ4n) is 7.14. The summed E-state index contributed by atoms with van der Waals surface area (Å²) in [4.78, 5) is 12.9. The van der Waals surface area contributed by atoms with Gasteiger partial charge in [-0.1, -0.05) is 127 Å². The van der Waals surface area contributed by atoms with Crippen LogP contribution in [0.5, 0.6) is 0 Å². The molecule has 3 heterocycles. The Morgan fingerprint density at radius 3 is 2.09 bits per heavy atom. The van der Waals surface area contributed by atoms with Gasteiger partial charge in [-0.05, 0) is 47.9 Å². The summed E-state index contributed by atoms with van der Waals surface area (Å²) in [5.41, 5.74) is 8.58. The third-order valence-corrected chi connectivity index (χ3v) is 10.6. The number of benzene rings is 5. The summed E-state index contributed by atoms with van der Waals surface area (Å²) in [5, 5.41) is 2.64. The maximum absolute atomic E-state index is 5.25. The highest BCUT2D eigenvalue weighted by atomic mass is 32.1. The van der Waals surface area contributed by atoms with Crippen LogP contribution in [0.25, 0.3) is 53.8 Å². The van der Waals surface area contributed by atoms with Gasteiger partial charge >= 0.3 is 0 Å². The number of anilines is 2. The average molecular weight is 596 g/mol. The molecule has 0 radical (unpaired) electrons. The van der Waals surface area contributed by atoms with Crippen LogP contribution < -0.4 is 4.90 Å². The minimum atomic E-state index is -0.359. The molecule has 214 valence electrons. The number of fused-ring (bicyclic) bond motifs is 6. The first-order valence-corrected chi connectivity index (χ1v) is 16.2. The number of hydrogen-bond donors (Lipinski definition) is 0. The number of rotatable bonds is 4. The van der Waals surface area contributed by atoms with E-state index >= 15 is 0 Å². The fourth-order valence-corrected chi connectivity index (χ4v) is 8.37. The second-order valence-electron chi connectivity index (χ2n) is 12.0. The van der Waals surface area contributed by atoms with Crippen molar-refractivity contribution >= 4 is 43.1 Å². The van der Waals surface area contributed by atoms with Gasteiger partial charge in [0.1, 0.15) is 0 Å². The van der Waals surface area contributed by atoms with Crippen molar-refractivity contribution in [3.8, 4) is 33.6 Å². The van der Waals surface area contributed by atoms with Crippen molar-refractivity contribution in [2.45, 2.75) is 18.4 Å². The van der Waals surface area contributed by atoms with Gasteiger partial charge in [0.15, 0.2) is 0 Å². The lowest BCUT2D eigenvalue weighted by Gasteiger charge is -2.37. The normalized spacial score (nSPS) is 18.4. The predicted octanol–water partition coefficient (Wildman–Crippen LogP) is 11.0.